The molecular weight excluding hydrogens is 396 g/mol. The fourth-order valence-electron chi connectivity index (χ4n) is 9.03. The van der Waals surface area contributed by atoms with Crippen LogP contribution in [0.2, 0.25) is 0 Å². The second-order valence-electron chi connectivity index (χ2n) is 12.0. The summed E-state index contributed by atoms with van der Waals surface area (Å²) in [5.41, 5.74) is 0.909. The number of aliphatic hydroxyl groups excluding tert-OH is 1. The van der Waals surface area contributed by atoms with Gasteiger partial charge in [0.25, 0.3) is 10.1 Å². The van der Waals surface area contributed by atoms with Crippen molar-refractivity contribution in [3.63, 3.8) is 0 Å². The Hall–Kier alpha value is -0.130. The Kier molecular flexibility index (Phi) is 6.40. The fourth-order valence-corrected chi connectivity index (χ4v) is 9.45. The Morgan fingerprint density at radius 2 is 1.70 bits per heavy atom. The number of hydrogen-bond acceptors (Lipinski definition) is 4. The van der Waals surface area contributed by atoms with E-state index in [4.69, 9.17) is 4.18 Å². The standard InChI is InChI=1S/C25H44O4S/c1-17(6-5-15-29-30(4,27)28)21-9-10-22-20-8-7-18-16-19(26)11-13-24(18,2)23(20)12-14-25(21,22)3/h17-23,26H,5-16H2,1-4H3/t17-,18+,19-,20+,21-,22+,23+,24+,25-/m1/s1. The van der Waals surface area contributed by atoms with E-state index in [1.807, 2.05) is 0 Å². The molecule has 4 nitrogen and oxygen atoms in total. The van der Waals surface area contributed by atoms with E-state index in [0.717, 1.165) is 61.5 Å². The van der Waals surface area contributed by atoms with Gasteiger partial charge in [-0.25, -0.2) is 0 Å². The van der Waals surface area contributed by atoms with Gasteiger partial charge in [-0.05, 0) is 117 Å². The van der Waals surface area contributed by atoms with Crippen molar-refractivity contribution in [1.82, 2.24) is 0 Å². The Morgan fingerprint density at radius 1 is 1.00 bits per heavy atom. The van der Waals surface area contributed by atoms with Gasteiger partial charge < -0.3 is 5.11 Å². The summed E-state index contributed by atoms with van der Waals surface area (Å²) in [4.78, 5) is 0. The van der Waals surface area contributed by atoms with Crippen molar-refractivity contribution >= 4 is 10.1 Å². The first-order chi connectivity index (χ1) is 14.0. The molecule has 4 aliphatic rings. The molecule has 0 saturated heterocycles. The molecule has 4 aliphatic carbocycles. The predicted octanol–water partition coefficient (Wildman–Crippen LogP) is 5.40. The van der Waals surface area contributed by atoms with Gasteiger partial charge in [0.1, 0.15) is 0 Å². The molecule has 0 radical (unpaired) electrons. The van der Waals surface area contributed by atoms with E-state index >= 15 is 0 Å². The third-order valence-electron chi connectivity index (χ3n) is 10.5. The third kappa shape index (κ3) is 4.12. The van der Waals surface area contributed by atoms with Gasteiger partial charge in [-0.2, -0.15) is 8.42 Å². The van der Waals surface area contributed by atoms with Crippen LogP contribution in [0.25, 0.3) is 0 Å². The average Bonchev–Trinajstić information content (AvgIpc) is 3.02. The second-order valence-corrected chi connectivity index (χ2v) is 13.6. The minimum atomic E-state index is -3.32. The first kappa shape index (κ1) is 23.0. The number of rotatable bonds is 6. The number of hydrogen-bond donors (Lipinski definition) is 1. The molecule has 5 heteroatoms. The summed E-state index contributed by atoms with van der Waals surface area (Å²) in [6, 6.07) is 0. The van der Waals surface area contributed by atoms with E-state index in [2.05, 4.69) is 20.8 Å². The molecule has 0 aromatic rings. The van der Waals surface area contributed by atoms with Gasteiger partial charge in [0.05, 0.1) is 19.0 Å². The molecule has 0 bridgehead atoms. The monoisotopic (exact) mass is 440 g/mol. The van der Waals surface area contributed by atoms with Gasteiger partial charge >= 0.3 is 0 Å². The molecule has 0 heterocycles. The van der Waals surface area contributed by atoms with Crippen LogP contribution in [0.3, 0.4) is 0 Å². The van der Waals surface area contributed by atoms with Crippen molar-refractivity contribution in [2.45, 2.75) is 97.5 Å². The summed E-state index contributed by atoms with van der Waals surface area (Å²) >= 11 is 0. The highest BCUT2D eigenvalue weighted by atomic mass is 32.2. The quantitative estimate of drug-likeness (QED) is 0.444. The summed E-state index contributed by atoms with van der Waals surface area (Å²) in [5, 5.41) is 10.2. The zero-order valence-corrected chi connectivity index (χ0v) is 20.4. The van der Waals surface area contributed by atoms with Crippen LogP contribution in [-0.2, 0) is 14.3 Å². The van der Waals surface area contributed by atoms with Gasteiger partial charge in [0.15, 0.2) is 0 Å². The molecule has 0 aromatic carbocycles. The topological polar surface area (TPSA) is 63.6 Å². The van der Waals surface area contributed by atoms with Crippen molar-refractivity contribution in [2.75, 3.05) is 12.9 Å². The first-order valence-electron chi connectivity index (χ1n) is 12.6. The maximum Gasteiger partial charge on any atom is 0.264 e. The van der Waals surface area contributed by atoms with Crippen LogP contribution in [0.4, 0.5) is 0 Å². The third-order valence-corrected chi connectivity index (χ3v) is 11.1. The second kappa shape index (κ2) is 8.33. The minimum absolute atomic E-state index is 0.0585. The molecule has 9 atom stereocenters. The van der Waals surface area contributed by atoms with E-state index < -0.39 is 10.1 Å². The molecule has 4 saturated carbocycles. The van der Waals surface area contributed by atoms with Crippen LogP contribution in [0.5, 0.6) is 0 Å². The van der Waals surface area contributed by atoms with E-state index in [1.54, 1.807) is 0 Å². The lowest BCUT2D eigenvalue weighted by Gasteiger charge is -2.61. The Morgan fingerprint density at radius 3 is 2.43 bits per heavy atom. The van der Waals surface area contributed by atoms with Crippen molar-refractivity contribution in [3.8, 4) is 0 Å². The summed E-state index contributed by atoms with van der Waals surface area (Å²) in [7, 11) is -3.32. The van der Waals surface area contributed by atoms with Crippen molar-refractivity contribution in [2.24, 2.45) is 46.3 Å². The molecule has 4 fully saturated rings. The Balaban J connectivity index is 1.41. The van der Waals surface area contributed by atoms with Crippen LogP contribution in [-0.4, -0.2) is 32.5 Å². The van der Waals surface area contributed by atoms with E-state index in [9.17, 15) is 13.5 Å². The van der Waals surface area contributed by atoms with Gasteiger partial charge in [-0.1, -0.05) is 20.8 Å². The minimum Gasteiger partial charge on any atom is -0.393 e. The molecule has 4 rings (SSSR count). The van der Waals surface area contributed by atoms with Gasteiger partial charge in [-0.3, -0.25) is 4.18 Å². The first-order valence-corrected chi connectivity index (χ1v) is 14.4. The summed E-state index contributed by atoms with van der Waals surface area (Å²) in [6.45, 7) is 7.88. The van der Waals surface area contributed by atoms with Gasteiger partial charge in [0.2, 0.25) is 0 Å². The maximum absolute atomic E-state index is 11.2. The lowest BCUT2D eigenvalue weighted by atomic mass is 9.44. The number of aliphatic hydroxyl groups is 1. The largest absolute Gasteiger partial charge is 0.393 e. The Labute approximate surface area is 184 Å². The maximum atomic E-state index is 11.2. The van der Waals surface area contributed by atoms with Crippen LogP contribution in [0, 0.1) is 46.3 Å². The molecule has 0 aliphatic heterocycles. The van der Waals surface area contributed by atoms with Crippen LogP contribution < -0.4 is 0 Å². The molecule has 0 amide bonds. The highest BCUT2D eigenvalue weighted by Crippen LogP contribution is 2.68. The highest BCUT2D eigenvalue weighted by molar-refractivity contribution is 7.85. The van der Waals surface area contributed by atoms with Crippen molar-refractivity contribution < 1.29 is 17.7 Å². The summed E-state index contributed by atoms with van der Waals surface area (Å²) in [6.07, 6.45) is 14.4. The van der Waals surface area contributed by atoms with E-state index in [1.165, 1.54) is 44.9 Å². The normalized spacial score (nSPS) is 47.2. The predicted molar refractivity (Wildman–Crippen MR) is 120 cm³/mol. The van der Waals surface area contributed by atoms with Crippen molar-refractivity contribution in [3.05, 3.63) is 0 Å². The SMILES string of the molecule is C[C@H](CCCOS(C)(=O)=O)[C@H]1CC[C@H]2[C@@H]3CC[C@H]4C[C@H](O)CC[C@]4(C)[C@H]3CC[C@]12C. The van der Waals surface area contributed by atoms with Crippen LogP contribution >= 0.6 is 0 Å². The highest BCUT2D eigenvalue weighted by Gasteiger charge is 2.60. The Bertz CT molecular complexity index is 721. The zero-order chi connectivity index (χ0) is 21.7. The van der Waals surface area contributed by atoms with Crippen molar-refractivity contribution in [1.29, 1.82) is 0 Å². The van der Waals surface area contributed by atoms with Crippen LogP contribution in [0.1, 0.15) is 91.4 Å². The lowest BCUT2D eigenvalue weighted by molar-refractivity contribution is -0.129. The average molecular weight is 441 g/mol. The fraction of sp³-hybridized carbons (Fsp3) is 1.00. The molecule has 1 N–H and O–H groups in total. The zero-order valence-electron chi connectivity index (χ0n) is 19.6. The smallest absolute Gasteiger partial charge is 0.264 e. The molecule has 30 heavy (non-hydrogen) atoms. The summed E-state index contributed by atoms with van der Waals surface area (Å²) in [5.74, 6) is 4.74. The van der Waals surface area contributed by atoms with E-state index in [-0.39, 0.29) is 6.10 Å². The molecule has 174 valence electrons. The lowest BCUT2D eigenvalue weighted by Crippen LogP contribution is -2.54. The van der Waals surface area contributed by atoms with Crippen LogP contribution in [0.15, 0.2) is 0 Å². The molecular formula is C25H44O4S. The van der Waals surface area contributed by atoms with Gasteiger partial charge in [-0.15, -0.1) is 0 Å². The molecule has 0 unspecified atom stereocenters. The number of fused-ring (bicyclic) bond motifs is 5. The molecule has 0 spiro atoms. The molecule has 0 aromatic heterocycles. The van der Waals surface area contributed by atoms with Gasteiger partial charge in [0, 0.05) is 0 Å². The van der Waals surface area contributed by atoms with E-state index in [0.29, 0.717) is 23.4 Å². The summed E-state index contributed by atoms with van der Waals surface area (Å²) < 4.78 is 27.4.